The van der Waals surface area contributed by atoms with Gasteiger partial charge in [0.15, 0.2) is 36.5 Å². The highest BCUT2D eigenvalue weighted by molar-refractivity contribution is 5.95. The van der Waals surface area contributed by atoms with E-state index in [2.05, 4.69) is 0 Å². The van der Waals surface area contributed by atoms with E-state index in [9.17, 15) is 45.0 Å². The maximum atomic E-state index is 14.5. The number of ketones is 1. The maximum Gasteiger partial charge on any atom is 0.303 e. The Kier molecular flexibility index (Phi) is 27.6. The smallest absolute Gasteiger partial charge is 0.303 e. The third-order valence-corrected chi connectivity index (χ3v) is 17.4. The first-order valence-corrected chi connectivity index (χ1v) is 30.0. The highest BCUT2D eigenvalue weighted by Crippen LogP contribution is 2.45. The van der Waals surface area contributed by atoms with Crippen LogP contribution in [-0.2, 0) is 76.0 Å². The van der Waals surface area contributed by atoms with Crippen molar-refractivity contribution >= 4 is 17.7 Å². The molecule has 25 atom stereocenters. The second-order valence-corrected chi connectivity index (χ2v) is 24.6. The SMILES string of the molecule is COC[C@@H](CC1O[C@@](O)([C@H](O)C2CC(=O)/C(C)=C/C(C)=C/C(C)=C/[C@@H](C)[C@H](O[C@@H]3O[C@@H](C)[C@H](OC)[C@@H](O)[C@@H]3O)/C=C/C(C)=C/CC[C@H](O)[C@@H](OC)C2)[C@H](C)[C@@H](OC(C)=O)[C@H]1C)O[C@H]1C[C@](C)(O)[C@@H](O[C@H]2C[C@@H](OC)[C@H](OC(C)=O)[C@@H](C)O2)[C@H](C)O1. The molecule has 486 valence electrons. The van der Waals surface area contributed by atoms with Crippen molar-refractivity contribution in [1.82, 2.24) is 0 Å². The number of aliphatic hydroxyl groups excluding tert-OH is 4. The van der Waals surface area contributed by atoms with Gasteiger partial charge in [-0.25, -0.2) is 0 Å². The van der Waals surface area contributed by atoms with E-state index >= 15 is 0 Å². The quantitative estimate of drug-likeness (QED) is 0.0995. The molecular formula is C63H102O22. The number of hydrogen-bond donors (Lipinski definition) is 6. The van der Waals surface area contributed by atoms with E-state index in [-0.39, 0.29) is 56.8 Å². The summed E-state index contributed by atoms with van der Waals surface area (Å²) in [6.07, 6.45) is -6.03. The number of methoxy groups -OCH3 is 4. The Morgan fingerprint density at radius 3 is 2.00 bits per heavy atom. The molecule has 0 aromatic carbocycles. The molecule has 0 aromatic heterocycles. The normalized spacial score (nSPS) is 44.1. The van der Waals surface area contributed by atoms with Crippen molar-refractivity contribution in [3.63, 3.8) is 0 Å². The van der Waals surface area contributed by atoms with Gasteiger partial charge in [0.05, 0.1) is 67.0 Å². The molecule has 4 aliphatic heterocycles. The van der Waals surface area contributed by atoms with Crippen molar-refractivity contribution in [1.29, 1.82) is 0 Å². The van der Waals surface area contributed by atoms with Crippen LogP contribution in [0.4, 0.5) is 0 Å². The molecule has 6 N–H and O–H groups in total. The van der Waals surface area contributed by atoms with Gasteiger partial charge >= 0.3 is 11.9 Å². The molecule has 22 heteroatoms. The minimum Gasteiger partial charge on any atom is -0.462 e. The van der Waals surface area contributed by atoms with Crippen LogP contribution in [0.3, 0.4) is 0 Å². The predicted octanol–water partition coefficient (Wildman–Crippen LogP) is 5.39. The predicted molar refractivity (Wildman–Crippen MR) is 310 cm³/mol. The zero-order valence-electron chi connectivity index (χ0n) is 53.1. The van der Waals surface area contributed by atoms with Gasteiger partial charge < -0.3 is 92.2 Å². The number of carbonyl (C=O) groups is 3. The summed E-state index contributed by atoms with van der Waals surface area (Å²) in [5.74, 6) is -6.99. The summed E-state index contributed by atoms with van der Waals surface area (Å²) < 4.78 is 78.5. The molecule has 85 heavy (non-hydrogen) atoms. The molecule has 4 heterocycles. The number of aliphatic hydroxyl groups is 6. The van der Waals surface area contributed by atoms with Crippen LogP contribution in [0.1, 0.15) is 135 Å². The molecule has 0 bridgehead atoms. The van der Waals surface area contributed by atoms with Crippen molar-refractivity contribution in [2.45, 2.75) is 263 Å². The van der Waals surface area contributed by atoms with Gasteiger partial charge in [0.2, 0.25) is 0 Å². The van der Waals surface area contributed by atoms with Gasteiger partial charge in [0.1, 0.15) is 42.7 Å². The van der Waals surface area contributed by atoms with Gasteiger partial charge in [-0.2, -0.15) is 0 Å². The molecule has 2 unspecified atom stereocenters. The lowest BCUT2D eigenvalue weighted by Gasteiger charge is -2.52. The van der Waals surface area contributed by atoms with E-state index in [1.54, 1.807) is 54.5 Å². The number of Topliss-reactive ketones (excluding diaryl/α,β-unsaturated/α-hetero) is 1. The van der Waals surface area contributed by atoms with Crippen LogP contribution in [-0.4, -0.2) is 211 Å². The molecule has 0 spiro atoms. The lowest BCUT2D eigenvalue weighted by molar-refractivity contribution is -0.363. The Morgan fingerprint density at radius 1 is 0.753 bits per heavy atom. The van der Waals surface area contributed by atoms with Crippen LogP contribution in [0.25, 0.3) is 0 Å². The molecule has 0 radical (unpaired) electrons. The molecule has 5 aliphatic rings. The van der Waals surface area contributed by atoms with E-state index in [0.717, 1.165) is 16.7 Å². The van der Waals surface area contributed by atoms with Gasteiger partial charge in [0, 0.05) is 79.8 Å². The van der Waals surface area contributed by atoms with Gasteiger partial charge in [-0.05, 0) is 86.1 Å². The zero-order valence-corrected chi connectivity index (χ0v) is 53.1. The molecule has 1 aliphatic carbocycles. The highest BCUT2D eigenvalue weighted by atomic mass is 16.7. The number of carbonyl (C=O) groups excluding carboxylic acids is 3. The van der Waals surface area contributed by atoms with Crippen LogP contribution in [0.2, 0.25) is 0 Å². The second-order valence-electron chi connectivity index (χ2n) is 24.6. The fourth-order valence-corrected chi connectivity index (χ4v) is 12.8. The Balaban J connectivity index is 1.41. The average Bonchev–Trinajstić information content (AvgIpc) is 1.78. The molecular weight excluding hydrogens is 1110 g/mol. The van der Waals surface area contributed by atoms with Crippen molar-refractivity contribution in [3.05, 3.63) is 58.7 Å². The summed E-state index contributed by atoms with van der Waals surface area (Å²) in [4.78, 5) is 39.2. The first-order valence-electron chi connectivity index (χ1n) is 30.0. The fraction of sp³-hybridized carbons (Fsp3) is 0.794. The summed E-state index contributed by atoms with van der Waals surface area (Å²) >= 11 is 0. The second kappa shape index (κ2) is 32.4. The summed E-state index contributed by atoms with van der Waals surface area (Å²) in [7, 11) is 5.86. The molecule has 4 saturated heterocycles. The van der Waals surface area contributed by atoms with E-state index in [4.69, 9.17) is 61.6 Å². The monoisotopic (exact) mass is 1210 g/mol. The molecule has 0 aromatic rings. The van der Waals surface area contributed by atoms with Gasteiger partial charge in [-0.1, -0.05) is 73.9 Å². The van der Waals surface area contributed by atoms with E-state index in [1.807, 2.05) is 58.1 Å². The largest absolute Gasteiger partial charge is 0.462 e. The molecule has 0 saturated carbocycles. The first-order chi connectivity index (χ1) is 39.9. The third kappa shape index (κ3) is 19.3. The van der Waals surface area contributed by atoms with Crippen molar-refractivity contribution in [2.75, 3.05) is 35.0 Å². The Labute approximate surface area is 503 Å². The van der Waals surface area contributed by atoms with Crippen molar-refractivity contribution in [3.8, 4) is 0 Å². The minimum atomic E-state index is -2.47. The number of esters is 2. The van der Waals surface area contributed by atoms with E-state index in [1.165, 1.54) is 42.3 Å². The Morgan fingerprint density at radius 2 is 1.39 bits per heavy atom. The molecule has 0 amide bonds. The Hall–Kier alpha value is -3.37. The lowest BCUT2D eigenvalue weighted by atomic mass is 9.73. The van der Waals surface area contributed by atoms with Crippen LogP contribution in [0, 0.1) is 23.7 Å². The molecule has 5 rings (SSSR count). The summed E-state index contributed by atoms with van der Waals surface area (Å²) in [6, 6.07) is 0. The van der Waals surface area contributed by atoms with Crippen LogP contribution in [0.15, 0.2) is 58.7 Å². The molecule has 22 nitrogen and oxygen atoms in total. The van der Waals surface area contributed by atoms with Crippen LogP contribution in [0.5, 0.6) is 0 Å². The standard InChI is InChI=1S/C63H102O22/c1-32-19-18-20-46(66)50(74-15)27-44(26-47(67)35(4)24-33(2)23-34(3)25-36(5)48(22-21-32)83-61-55(69)54(68)58(76-17)40(9)79-61)59(70)63(72)38(7)56(80-42(11)64)37(6)49(85-63)28-45(31-73-14)82-53-30-62(13,71)60(41(10)78-53)84-52-29-51(75-16)57(39(8)77-52)81-43(12)65/h19,21-25,36-41,44-46,48-61,66,68-72H,18,20,26-31H2,1-17H3/b22-21+,32-19+,33-23+,34-25+,35-24+/t36-,37+,38-,39-,40+,41+,44?,45-,46+,48-,49?,50+,51-,52+,53+,54+,55+,56+,57-,58+,59-,60+,61+,62+,63-/m1/s1. The van der Waals surface area contributed by atoms with Crippen molar-refractivity contribution in [2.24, 2.45) is 23.7 Å². The minimum absolute atomic E-state index is 0.00626. The molecule has 4 fully saturated rings. The third-order valence-electron chi connectivity index (χ3n) is 17.4. The highest BCUT2D eigenvalue weighted by Gasteiger charge is 2.58. The van der Waals surface area contributed by atoms with Gasteiger partial charge in [0.25, 0.3) is 0 Å². The van der Waals surface area contributed by atoms with Gasteiger partial charge in [-0.3, -0.25) is 14.4 Å². The maximum absolute atomic E-state index is 14.5. The summed E-state index contributed by atoms with van der Waals surface area (Å²) in [6.45, 7) is 22.1. The number of allylic oxidation sites excluding steroid dienone is 8. The Bertz CT molecular complexity index is 2320. The number of rotatable bonds is 17. The van der Waals surface area contributed by atoms with Crippen LogP contribution >= 0.6 is 0 Å². The summed E-state index contributed by atoms with van der Waals surface area (Å²) in [5.41, 5.74) is 1.24. The lowest BCUT2D eigenvalue weighted by Crippen LogP contribution is -2.65. The average molecular weight is 1210 g/mol. The fourth-order valence-electron chi connectivity index (χ4n) is 12.8. The van der Waals surface area contributed by atoms with Crippen molar-refractivity contribution < 1.29 is 107 Å². The first kappa shape index (κ1) is 72.4. The zero-order chi connectivity index (χ0) is 63.4. The van der Waals surface area contributed by atoms with Gasteiger partial charge in [-0.15, -0.1) is 0 Å². The van der Waals surface area contributed by atoms with E-state index in [0.29, 0.717) is 12.0 Å². The van der Waals surface area contributed by atoms with Crippen LogP contribution < -0.4 is 0 Å². The number of hydrogen-bond acceptors (Lipinski definition) is 22. The number of ether oxygens (including phenoxy) is 13. The topological polar surface area (TPSA) is 293 Å². The summed E-state index contributed by atoms with van der Waals surface area (Å²) in [5, 5.41) is 71.5. The van der Waals surface area contributed by atoms with E-state index < -0.39 is 158 Å².